The summed E-state index contributed by atoms with van der Waals surface area (Å²) in [5.41, 5.74) is 8.25. The predicted octanol–water partition coefficient (Wildman–Crippen LogP) is 4.30. The largest absolute Gasteiger partial charge is 0.389 e. The van der Waals surface area contributed by atoms with Gasteiger partial charge in [0, 0.05) is 20.6 Å². The molecular formula is C15H12BrClN2OS. The van der Waals surface area contributed by atoms with Crippen molar-refractivity contribution in [2.75, 3.05) is 5.32 Å². The van der Waals surface area contributed by atoms with Gasteiger partial charge in [0.25, 0.3) is 5.91 Å². The smallest absolute Gasteiger partial charge is 0.255 e. The molecule has 0 saturated carbocycles. The Balaban J connectivity index is 2.35. The van der Waals surface area contributed by atoms with E-state index < -0.39 is 0 Å². The van der Waals surface area contributed by atoms with Crippen molar-refractivity contribution >= 4 is 56.3 Å². The zero-order valence-electron chi connectivity index (χ0n) is 11.1. The minimum absolute atomic E-state index is 0.201. The Labute approximate surface area is 141 Å². The summed E-state index contributed by atoms with van der Waals surface area (Å²) in [6, 6.07) is 10.5. The molecule has 108 valence electrons. The SMILES string of the molecule is Cc1cc(Br)cc(C(=O)Nc2cc(Cl)ccc2C(N)=S)c1. The first-order valence-electron chi connectivity index (χ1n) is 6.04. The molecule has 0 spiro atoms. The topological polar surface area (TPSA) is 55.1 Å². The Hall–Kier alpha value is -1.43. The van der Waals surface area contributed by atoms with Gasteiger partial charge < -0.3 is 11.1 Å². The second kappa shape index (κ2) is 6.56. The van der Waals surface area contributed by atoms with E-state index in [-0.39, 0.29) is 10.9 Å². The molecule has 2 aromatic carbocycles. The molecule has 3 nitrogen and oxygen atoms in total. The fourth-order valence-electron chi connectivity index (χ4n) is 1.90. The van der Waals surface area contributed by atoms with Crippen LogP contribution in [0.25, 0.3) is 0 Å². The standard InChI is InChI=1S/C15H12BrClN2OS/c1-8-4-9(6-10(16)5-8)15(20)19-13-7-11(17)2-3-12(13)14(18)21/h2-7H,1H3,(H2,18,21)(H,19,20). The van der Waals surface area contributed by atoms with E-state index in [2.05, 4.69) is 21.2 Å². The highest BCUT2D eigenvalue weighted by Gasteiger charge is 2.12. The summed E-state index contributed by atoms with van der Waals surface area (Å²) in [6.07, 6.45) is 0. The summed E-state index contributed by atoms with van der Waals surface area (Å²) < 4.78 is 0.841. The van der Waals surface area contributed by atoms with Gasteiger partial charge in [0.1, 0.15) is 4.99 Å². The van der Waals surface area contributed by atoms with Crippen LogP contribution in [0.4, 0.5) is 5.69 Å². The highest BCUT2D eigenvalue weighted by molar-refractivity contribution is 9.10. The van der Waals surface area contributed by atoms with Crippen molar-refractivity contribution in [1.29, 1.82) is 0 Å². The van der Waals surface area contributed by atoms with Gasteiger partial charge in [0.15, 0.2) is 0 Å². The summed E-state index contributed by atoms with van der Waals surface area (Å²) in [6.45, 7) is 1.92. The van der Waals surface area contributed by atoms with Gasteiger partial charge in [-0.15, -0.1) is 0 Å². The van der Waals surface area contributed by atoms with Gasteiger partial charge in [-0.25, -0.2) is 0 Å². The van der Waals surface area contributed by atoms with Crippen LogP contribution in [0.15, 0.2) is 40.9 Å². The number of aryl methyl sites for hydroxylation is 1. The molecular weight excluding hydrogens is 372 g/mol. The minimum atomic E-state index is -0.251. The van der Waals surface area contributed by atoms with E-state index in [1.54, 1.807) is 30.3 Å². The van der Waals surface area contributed by atoms with Crippen molar-refractivity contribution in [3.05, 3.63) is 62.6 Å². The normalized spacial score (nSPS) is 10.2. The van der Waals surface area contributed by atoms with Crippen molar-refractivity contribution in [2.45, 2.75) is 6.92 Å². The lowest BCUT2D eigenvalue weighted by Crippen LogP contribution is -2.17. The fourth-order valence-corrected chi connectivity index (χ4v) is 2.85. The molecule has 0 aromatic heterocycles. The van der Waals surface area contributed by atoms with E-state index in [0.717, 1.165) is 10.0 Å². The molecule has 0 saturated heterocycles. The number of amides is 1. The van der Waals surface area contributed by atoms with Crippen LogP contribution in [0.1, 0.15) is 21.5 Å². The van der Waals surface area contributed by atoms with Crippen LogP contribution in [-0.4, -0.2) is 10.9 Å². The molecule has 0 bridgehead atoms. The molecule has 1 amide bonds. The van der Waals surface area contributed by atoms with E-state index in [1.807, 2.05) is 13.0 Å². The molecule has 2 aromatic rings. The van der Waals surface area contributed by atoms with Crippen LogP contribution in [0, 0.1) is 6.92 Å². The van der Waals surface area contributed by atoms with Crippen molar-refractivity contribution in [3.63, 3.8) is 0 Å². The quantitative estimate of drug-likeness (QED) is 0.777. The molecule has 0 heterocycles. The lowest BCUT2D eigenvalue weighted by atomic mass is 10.1. The zero-order chi connectivity index (χ0) is 15.6. The molecule has 0 atom stereocenters. The number of hydrogen-bond acceptors (Lipinski definition) is 2. The lowest BCUT2D eigenvalue weighted by Gasteiger charge is -2.11. The first-order valence-corrected chi connectivity index (χ1v) is 7.62. The molecule has 2 rings (SSSR count). The first kappa shape index (κ1) is 15.9. The number of benzene rings is 2. The Morgan fingerprint density at radius 2 is 2.00 bits per heavy atom. The van der Waals surface area contributed by atoms with Crippen LogP contribution < -0.4 is 11.1 Å². The van der Waals surface area contributed by atoms with Gasteiger partial charge in [-0.3, -0.25) is 4.79 Å². The third-order valence-electron chi connectivity index (χ3n) is 2.80. The monoisotopic (exact) mass is 382 g/mol. The van der Waals surface area contributed by atoms with E-state index >= 15 is 0 Å². The fraction of sp³-hybridized carbons (Fsp3) is 0.0667. The van der Waals surface area contributed by atoms with Gasteiger partial charge in [0.05, 0.1) is 5.69 Å². The zero-order valence-corrected chi connectivity index (χ0v) is 14.3. The van der Waals surface area contributed by atoms with E-state index in [1.165, 1.54) is 0 Å². The van der Waals surface area contributed by atoms with Gasteiger partial charge in [-0.05, 0) is 48.9 Å². The molecule has 6 heteroatoms. The average molecular weight is 384 g/mol. The minimum Gasteiger partial charge on any atom is -0.389 e. The molecule has 21 heavy (non-hydrogen) atoms. The maximum atomic E-state index is 12.3. The Morgan fingerprint density at radius 1 is 1.29 bits per heavy atom. The number of thiocarbonyl (C=S) groups is 1. The maximum Gasteiger partial charge on any atom is 0.255 e. The molecule has 0 unspecified atom stereocenters. The second-order valence-corrected chi connectivity index (χ2v) is 6.32. The van der Waals surface area contributed by atoms with E-state index in [0.29, 0.717) is 21.8 Å². The van der Waals surface area contributed by atoms with Crippen molar-refractivity contribution in [3.8, 4) is 0 Å². The van der Waals surface area contributed by atoms with Gasteiger partial charge >= 0.3 is 0 Å². The summed E-state index contributed by atoms with van der Waals surface area (Å²) in [4.78, 5) is 12.5. The molecule has 0 aliphatic carbocycles. The summed E-state index contributed by atoms with van der Waals surface area (Å²) in [7, 11) is 0. The lowest BCUT2D eigenvalue weighted by molar-refractivity contribution is 0.102. The maximum absolute atomic E-state index is 12.3. The highest BCUT2D eigenvalue weighted by Crippen LogP contribution is 2.23. The Bertz CT molecular complexity index is 713. The van der Waals surface area contributed by atoms with Crippen LogP contribution >= 0.6 is 39.7 Å². The first-order chi connectivity index (χ1) is 9.86. The summed E-state index contributed by atoms with van der Waals surface area (Å²) in [5, 5.41) is 3.29. The van der Waals surface area contributed by atoms with Crippen LogP contribution in [0.2, 0.25) is 5.02 Å². The number of rotatable bonds is 3. The van der Waals surface area contributed by atoms with E-state index in [4.69, 9.17) is 29.6 Å². The Kier molecular flexibility index (Phi) is 4.98. The number of carbonyl (C=O) groups excluding carboxylic acids is 1. The van der Waals surface area contributed by atoms with Crippen molar-refractivity contribution < 1.29 is 4.79 Å². The van der Waals surface area contributed by atoms with Crippen molar-refractivity contribution in [1.82, 2.24) is 0 Å². The summed E-state index contributed by atoms with van der Waals surface area (Å²) in [5.74, 6) is -0.251. The number of carbonyl (C=O) groups is 1. The van der Waals surface area contributed by atoms with Crippen LogP contribution in [0.5, 0.6) is 0 Å². The number of hydrogen-bond donors (Lipinski definition) is 2. The van der Waals surface area contributed by atoms with Crippen LogP contribution in [-0.2, 0) is 0 Å². The summed E-state index contributed by atoms with van der Waals surface area (Å²) >= 11 is 14.3. The molecule has 0 aliphatic rings. The number of halogens is 2. The second-order valence-electron chi connectivity index (χ2n) is 4.53. The van der Waals surface area contributed by atoms with E-state index in [9.17, 15) is 4.79 Å². The number of nitrogens with one attached hydrogen (secondary N) is 1. The van der Waals surface area contributed by atoms with Crippen LogP contribution in [0.3, 0.4) is 0 Å². The van der Waals surface area contributed by atoms with Crippen molar-refractivity contribution in [2.24, 2.45) is 5.73 Å². The number of nitrogens with two attached hydrogens (primary N) is 1. The molecule has 0 aliphatic heterocycles. The molecule has 0 fully saturated rings. The Morgan fingerprint density at radius 3 is 2.62 bits per heavy atom. The predicted molar refractivity (Wildman–Crippen MR) is 94.2 cm³/mol. The van der Waals surface area contributed by atoms with Gasteiger partial charge in [-0.1, -0.05) is 39.7 Å². The molecule has 3 N–H and O–H groups in total. The molecule has 0 radical (unpaired) electrons. The van der Waals surface area contributed by atoms with Gasteiger partial charge in [-0.2, -0.15) is 0 Å². The third-order valence-corrected chi connectivity index (χ3v) is 3.71. The van der Waals surface area contributed by atoms with Gasteiger partial charge in [0.2, 0.25) is 0 Å². The average Bonchev–Trinajstić information content (AvgIpc) is 2.37. The highest BCUT2D eigenvalue weighted by atomic mass is 79.9. The third kappa shape index (κ3) is 4.03. The number of anilines is 1.